The summed E-state index contributed by atoms with van der Waals surface area (Å²) in [6.45, 7) is 2.13. The Morgan fingerprint density at radius 3 is 2.79 bits per heavy atom. The molecule has 0 spiro atoms. The van der Waals surface area contributed by atoms with Gasteiger partial charge in [0.1, 0.15) is 12.4 Å². The van der Waals surface area contributed by atoms with E-state index in [1.165, 1.54) is 6.92 Å². The molecule has 1 amide bonds. The van der Waals surface area contributed by atoms with Crippen LogP contribution in [0.1, 0.15) is 18.1 Å². The van der Waals surface area contributed by atoms with E-state index < -0.39 is 12.1 Å². The van der Waals surface area contributed by atoms with Crippen molar-refractivity contribution in [3.63, 3.8) is 0 Å². The van der Waals surface area contributed by atoms with Crippen molar-refractivity contribution in [2.24, 2.45) is 0 Å². The maximum absolute atomic E-state index is 12.3. The van der Waals surface area contributed by atoms with E-state index in [1.54, 1.807) is 18.2 Å². The lowest BCUT2D eigenvalue weighted by Gasteiger charge is -2.19. The molecule has 0 aliphatic carbocycles. The zero-order chi connectivity index (χ0) is 19.5. The summed E-state index contributed by atoms with van der Waals surface area (Å²) in [5, 5.41) is 2.75. The lowest BCUT2D eigenvalue weighted by atomic mass is 10.1. The van der Waals surface area contributed by atoms with Crippen LogP contribution in [0.2, 0.25) is 0 Å². The van der Waals surface area contributed by atoms with Gasteiger partial charge in [0.25, 0.3) is 5.91 Å². The van der Waals surface area contributed by atoms with Gasteiger partial charge >= 0.3 is 5.97 Å². The Kier molecular flexibility index (Phi) is 4.89. The highest BCUT2D eigenvalue weighted by Gasteiger charge is 2.23. The van der Waals surface area contributed by atoms with Crippen LogP contribution in [-0.4, -0.2) is 31.4 Å². The molecule has 0 radical (unpaired) electrons. The fraction of sp³-hybridized carbons (Fsp3) is 0.238. The summed E-state index contributed by atoms with van der Waals surface area (Å²) >= 11 is 0. The quantitative estimate of drug-likeness (QED) is 0.801. The van der Waals surface area contributed by atoms with Gasteiger partial charge in [-0.25, -0.2) is 4.79 Å². The number of benzene rings is 2. The van der Waals surface area contributed by atoms with E-state index in [0.717, 1.165) is 11.1 Å². The number of amides is 1. The summed E-state index contributed by atoms with van der Waals surface area (Å²) in [7, 11) is 0. The maximum atomic E-state index is 12.3. The van der Waals surface area contributed by atoms with Crippen LogP contribution in [0, 0.1) is 0 Å². The summed E-state index contributed by atoms with van der Waals surface area (Å²) in [6.07, 6.45) is 0.790. The standard InChI is InChI=1S/C21H19NO6/c1-13(20(23)22-10-14-6-7-18-19(8-14)27-12-26-18)28-21(24)16-9-15-4-2-3-5-17(15)25-11-16/h2-9,13H,10-12H2,1H3,(H,22,23)/t13-/m0/s1. The first-order valence-electron chi connectivity index (χ1n) is 8.90. The molecule has 7 nitrogen and oxygen atoms in total. The Bertz CT molecular complexity index is 952. The van der Waals surface area contributed by atoms with Crippen LogP contribution in [-0.2, 0) is 20.9 Å². The number of para-hydroxylation sites is 1. The minimum absolute atomic E-state index is 0.112. The number of carbonyl (C=O) groups excluding carboxylic acids is 2. The number of carbonyl (C=O) groups is 2. The van der Waals surface area contributed by atoms with Crippen molar-refractivity contribution >= 4 is 18.0 Å². The third-order valence-electron chi connectivity index (χ3n) is 4.45. The Morgan fingerprint density at radius 1 is 1.07 bits per heavy atom. The van der Waals surface area contributed by atoms with Gasteiger partial charge in [-0.1, -0.05) is 24.3 Å². The molecule has 1 N–H and O–H groups in total. The number of rotatable bonds is 5. The minimum atomic E-state index is -0.931. The van der Waals surface area contributed by atoms with Gasteiger partial charge in [0, 0.05) is 12.1 Å². The normalized spacial score (nSPS) is 15.0. The molecule has 2 aliphatic heterocycles. The molecule has 0 bridgehead atoms. The smallest absolute Gasteiger partial charge is 0.338 e. The zero-order valence-electron chi connectivity index (χ0n) is 15.3. The van der Waals surface area contributed by atoms with E-state index in [2.05, 4.69) is 5.32 Å². The SMILES string of the molecule is C[C@H](OC(=O)C1=Cc2ccccc2OC1)C(=O)NCc1ccc2c(c1)OCO2. The second kappa shape index (κ2) is 7.64. The number of fused-ring (bicyclic) bond motifs is 2. The molecule has 0 saturated carbocycles. The summed E-state index contributed by atoms with van der Waals surface area (Å²) in [5.41, 5.74) is 2.03. The molecule has 2 heterocycles. The fourth-order valence-corrected chi connectivity index (χ4v) is 2.91. The molecule has 144 valence electrons. The van der Waals surface area contributed by atoms with Crippen molar-refractivity contribution in [1.29, 1.82) is 0 Å². The first kappa shape index (κ1) is 17.9. The number of esters is 1. The molecular weight excluding hydrogens is 362 g/mol. The van der Waals surface area contributed by atoms with Gasteiger partial charge in [0.15, 0.2) is 17.6 Å². The Balaban J connectivity index is 1.32. The van der Waals surface area contributed by atoms with Crippen LogP contribution < -0.4 is 19.5 Å². The topological polar surface area (TPSA) is 83.1 Å². The van der Waals surface area contributed by atoms with Gasteiger partial charge in [-0.15, -0.1) is 0 Å². The van der Waals surface area contributed by atoms with Crippen molar-refractivity contribution in [3.05, 3.63) is 59.2 Å². The number of hydrogen-bond donors (Lipinski definition) is 1. The largest absolute Gasteiger partial charge is 0.488 e. The molecule has 0 aromatic heterocycles. The molecule has 28 heavy (non-hydrogen) atoms. The van der Waals surface area contributed by atoms with Crippen LogP contribution in [0.4, 0.5) is 0 Å². The van der Waals surface area contributed by atoms with Crippen molar-refractivity contribution in [3.8, 4) is 17.2 Å². The van der Waals surface area contributed by atoms with Crippen LogP contribution >= 0.6 is 0 Å². The highest BCUT2D eigenvalue weighted by atomic mass is 16.7. The number of ether oxygens (including phenoxy) is 4. The molecule has 2 aromatic carbocycles. The first-order chi connectivity index (χ1) is 13.6. The number of hydrogen-bond acceptors (Lipinski definition) is 6. The molecule has 2 aliphatic rings. The lowest BCUT2D eigenvalue weighted by Crippen LogP contribution is -2.36. The van der Waals surface area contributed by atoms with E-state index in [4.69, 9.17) is 18.9 Å². The van der Waals surface area contributed by atoms with Crippen LogP contribution in [0.5, 0.6) is 17.2 Å². The molecule has 7 heteroatoms. The van der Waals surface area contributed by atoms with Gasteiger partial charge in [-0.3, -0.25) is 4.79 Å². The highest BCUT2D eigenvalue weighted by molar-refractivity contribution is 5.96. The van der Waals surface area contributed by atoms with Gasteiger partial charge in [-0.2, -0.15) is 0 Å². The fourth-order valence-electron chi connectivity index (χ4n) is 2.91. The molecule has 2 aromatic rings. The van der Waals surface area contributed by atoms with Gasteiger partial charge in [0.2, 0.25) is 6.79 Å². The monoisotopic (exact) mass is 381 g/mol. The first-order valence-corrected chi connectivity index (χ1v) is 8.90. The van der Waals surface area contributed by atoms with E-state index >= 15 is 0 Å². The molecule has 4 rings (SSSR count). The van der Waals surface area contributed by atoms with E-state index in [-0.39, 0.29) is 25.9 Å². The second-order valence-electron chi connectivity index (χ2n) is 6.45. The predicted molar refractivity (Wildman–Crippen MR) is 99.9 cm³/mol. The summed E-state index contributed by atoms with van der Waals surface area (Å²) in [5.74, 6) is 1.09. The molecular formula is C21H19NO6. The van der Waals surface area contributed by atoms with Crippen LogP contribution in [0.3, 0.4) is 0 Å². The summed E-state index contributed by atoms with van der Waals surface area (Å²) in [6, 6.07) is 12.8. The Hall–Kier alpha value is -3.48. The van der Waals surface area contributed by atoms with Gasteiger partial charge in [0.05, 0.1) is 5.57 Å². The summed E-state index contributed by atoms with van der Waals surface area (Å²) in [4.78, 5) is 24.6. The van der Waals surface area contributed by atoms with E-state index in [9.17, 15) is 9.59 Å². The highest BCUT2D eigenvalue weighted by Crippen LogP contribution is 2.32. The average Bonchev–Trinajstić information content (AvgIpc) is 3.19. The predicted octanol–water partition coefficient (Wildman–Crippen LogP) is 2.44. The van der Waals surface area contributed by atoms with Gasteiger partial charge in [-0.05, 0) is 36.8 Å². The molecule has 0 fully saturated rings. The van der Waals surface area contributed by atoms with Crippen LogP contribution in [0.15, 0.2) is 48.0 Å². The third-order valence-corrected chi connectivity index (χ3v) is 4.45. The molecule has 1 atom stereocenters. The Labute approximate surface area is 161 Å². The third kappa shape index (κ3) is 3.78. The van der Waals surface area contributed by atoms with E-state index in [0.29, 0.717) is 22.8 Å². The number of nitrogens with one attached hydrogen (secondary N) is 1. The lowest BCUT2D eigenvalue weighted by molar-refractivity contribution is -0.151. The van der Waals surface area contributed by atoms with Crippen molar-refractivity contribution in [1.82, 2.24) is 5.32 Å². The molecule has 0 unspecified atom stereocenters. The van der Waals surface area contributed by atoms with Crippen LogP contribution in [0.25, 0.3) is 6.08 Å². The molecule has 0 saturated heterocycles. The Morgan fingerprint density at radius 2 is 1.89 bits per heavy atom. The maximum Gasteiger partial charge on any atom is 0.338 e. The van der Waals surface area contributed by atoms with Crippen molar-refractivity contribution in [2.75, 3.05) is 13.4 Å². The zero-order valence-corrected chi connectivity index (χ0v) is 15.3. The summed E-state index contributed by atoms with van der Waals surface area (Å²) < 4.78 is 21.4. The second-order valence-corrected chi connectivity index (χ2v) is 6.45. The van der Waals surface area contributed by atoms with E-state index in [1.807, 2.05) is 30.3 Å². The van der Waals surface area contributed by atoms with Crippen molar-refractivity contribution in [2.45, 2.75) is 19.6 Å². The van der Waals surface area contributed by atoms with Gasteiger partial charge < -0.3 is 24.3 Å². The van der Waals surface area contributed by atoms with Crippen molar-refractivity contribution < 1.29 is 28.5 Å². The minimum Gasteiger partial charge on any atom is -0.488 e. The average molecular weight is 381 g/mol.